The minimum atomic E-state index is -3.50. The molecule has 0 amide bonds. The number of ether oxygens (including phenoxy) is 2. The number of methoxy groups -OCH3 is 2. The number of hydrogen-bond donors (Lipinski definition) is 0. The molecule has 0 atom stereocenters. The fourth-order valence-electron chi connectivity index (χ4n) is 3.65. The fraction of sp³-hybridized carbons (Fsp3) is 0.727. The molecule has 0 aliphatic rings. The summed E-state index contributed by atoms with van der Waals surface area (Å²) in [5.74, 6) is 1.84. The molecule has 0 heterocycles. The van der Waals surface area contributed by atoms with Crippen LogP contribution in [-0.2, 0) is 34.1 Å². The summed E-state index contributed by atoms with van der Waals surface area (Å²) >= 11 is -3.50. The molecule has 0 radical (unpaired) electrons. The Hall–Kier alpha value is -0.586. The number of benzene rings is 1. The average molecular weight is 432 g/mol. The molecule has 0 N–H and O–H groups in total. The van der Waals surface area contributed by atoms with E-state index < -0.39 is 17.8 Å². The predicted molar refractivity (Wildman–Crippen MR) is 111 cm³/mol. The molecule has 6 heteroatoms. The van der Waals surface area contributed by atoms with Gasteiger partial charge in [-0.3, -0.25) is 0 Å². The van der Waals surface area contributed by atoms with Crippen molar-refractivity contribution < 1.29 is 37.2 Å². The molecule has 1 aromatic rings. The van der Waals surface area contributed by atoms with Gasteiger partial charge in [-0.05, 0) is 0 Å². The molecule has 1 aromatic carbocycles. The molecule has 0 aromatic heterocycles. The van der Waals surface area contributed by atoms with Crippen molar-refractivity contribution >= 4 is 0 Å². The Bertz CT molecular complexity index is 614. The number of rotatable bonds is 11. The van der Waals surface area contributed by atoms with Gasteiger partial charge in [0.25, 0.3) is 0 Å². The van der Waals surface area contributed by atoms with Crippen molar-refractivity contribution in [2.24, 2.45) is 0 Å². The molecular formula is C22H40O5Ti. The molecule has 1 rings (SSSR count). The first-order valence-electron chi connectivity index (χ1n) is 10.2. The summed E-state index contributed by atoms with van der Waals surface area (Å²) in [7, 11) is 3.45. The second-order valence-corrected chi connectivity index (χ2v) is 12.1. The molecule has 0 unspecified atom stereocenters. The number of hydrogen-bond acceptors (Lipinski definition) is 5. The van der Waals surface area contributed by atoms with Crippen molar-refractivity contribution in [3.8, 4) is 11.5 Å². The standard InChI is InChI=1S/C13H19O2.3C3H7O.Ti/c1-7-11-10(4)12(14-5)8(2)9(3)13(11)15-6;3*1-3(2)4;/h1,7H2,2-6H3;3*3H,1-2H3;/q;3*-1;+3. The predicted octanol–water partition coefficient (Wildman–Crippen LogP) is 5.76. The van der Waals surface area contributed by atoms with Gasteiger partial charge < -0.3 is 0 Å². The fourth-order valence-corrected chi connectivity index (χ4v) is 8.70. The zero-order valence-electron chi connectivity index (χ0n) is 19.7. The van der Waals surface area contributed by atoms with Gasteiger partial charge in [-0.15, -0.1) is 0 Å². The van der Waals surface area contributed by atoms with E-state index in [1.165, 1.54) is 0 Å². The molecule has 0 spiro atoms. The molecule has 0 aliphatic heterocycles. The van der Waals surface area contributed by atoms with E-state index in [-0.39, 0.29) is 18.3 Å². The van der Waals surface area contributed by atoms with Crippen molar-refractivity contribution in [2.45, 2.75) is 91.8 Å². The minimum absolute atomic E-state index is 0.0507. The third kappa shape index (κ3) is 6.46. The van der Waals surface area contributed by atoms with E-state index in [4.69, 9.17) is 19.4 Å². The summed E-state index contributed by atoms with van der Waals surface area (Å²) in [5, 5.41) is 0. The van der Waals surface area contributed by atoms with E-state index in [0.29, 0.717) is 0 Å². The molecule has 0 saturated carbocycles. The van der Waals surface area contributed by atoms with Gasteiger partial charge in [0.05, 0.1) is 0 Å². The molecule has 5 nitrogen and oxygen atoms in total. The summed E-state index contributed by atoms with van der Waals surface area (Å²) in [6.07, 6.45) is 0.915. The summed E-state index contributed by atoms with van der Waals surface area (Å²) < 4.78 is 31.3. The monoisotopic (exact) mass is 432 g/mol. The third-order valence-electron chi connectivity index (χ3n) is 4.65. The van der Waals surface area contributed by atoms with Crippen molar-refractivity contribution in [1.82, 2.24) is 0 Å². The van der Waals surface area contributed by atoms with Crippen molar-refractivity contribution in [1.29, 1.82) is 0 Å². The van der Waals surface area contributed by atoms with Gasteiger partial charge in [0.2, 0.25) is 0 Å². The van der Waals surface area contributed by atoms with E-state index in [1.807, 2.05) is 41.5 Å². The first kappa shape index (κ1) is 25.5. The Balaban J connectivity index is 3.37. The van der Waals surface area contributed by atoms with Crippen LogP contribution in [0.4, 0.5) is 0 Å². The van der Waals surface area contributed by atoms with E-state index in [1.54, 1.807) is 14.2 Å². The van der Waals surface area contributed by atoms with Crippen LogP contribution in [0.1, 0.15) is 63.8 Å². The first-order chi connectivity index (χ1) is 13.0. The van der Waals surface area contributed by atoms with Gasteiger partial charge in [0.15, 0.2) is 0 Å². The molecule has 0 saturated heterocycles. The van der Waals surface area contributed by atoms with Crippen molar-refractivity contribution in [2.75, 3.05) is 14.2 Å². The van der Waals surface area contributed by atoms with Crippen LogP contribution in [0.3, 0.4) is 0 Å². The van der Waals surface area contributed by atoms with E-state index in [9.17, 15) is 0 Å². The Kier molecular flexibility index (Phi) is 9.98. The Morgan fingerprint density at radius 3 is 1.39 bits per heavy atom. The molecule has 28 heavy (non-hydrogen) atoms. The van der Waals surface area contributed by atoms with Crippen LogP contribution in [0.5, 0.6) is 11.5 Å². The van der Waals surface area contributed by atoms with Crippen LogP contribution in [-0.4, -0.2) is 32.5 Å². The van der Waals surface area contributed by atoms with Crippen molar-refractivity contribution in [3.05, 3.63) is 22.3 Å². The van der Waals surface area contributed by atoms with Gasteiger partial charge in [-0.25, -0.2) is 0 Å². The zero-order valence-corrected chi connectivity index (χ0v) is 21.2. The van der Waals surface area contributed by atoms with E-state index in [0.717, 1.165) is 44.9 Å². The van der Waals surface area contributed by atoms with Crippen LogP contribution in [0, 0.1) is 20.8 Å². The summed E-state index contributed by atoms with van der Waals surface area (Å²) in [6.45, 7) is 18.5. The van der Waals surface area contributed by atoms with E-state index >= 15 is 0 Å². The average Bonchev–Trinajstić information content (AvgIpc) is 2.55. The molecule has 0 aliphatic carbocycles. The molecule has 0 fully saturated rings. The summed E-state index contributed by atoms with van der Waals surface area (Å²) in [4.78, 5) is 0. The van der Waals surface area contributed by atoms with Crippen LogP contribution in [0.2, 0.25) is 4.73 Å². The van der Waals surface area contributed by atoms with Gasteiger partial charge >= 0.3 is 177 Å². The van der Waals surface area contributed by atoms with Gasteiger partial charge in [-0.2, -0.15) is 0 Å². The van der Waals surface area contributed by atoms with Crippen LogP contribution >= 0.6 is 0 Å². The zero-order chi connectivity index (χ0) is 21.6. The molecule has 162 valence electrons. The second kappa shape index (κ2) is 11.0. The first-order valence-corrected chi connectivity index (χ1v) is 13.2. The Labute approximate surface area is 176 Å². The molecule has 0 bridgehead atoms. The van der Waals surface area contributed by atoms with Crippen molar-refractivity contribution in [3.63, 3.8) is 0 Å². The van der Waals surface area contributed by atoms with Crippen LogP contribution < -0.4 is 9.47 Å². The quantitative estimate of drug-likeness (QED) is 0.416. The topological polar surface area (TPSA) is 46.2 Å². The maximum absolute atomic E-state index is 6.38. The summed E-state index contributed by atoms with van der Waals surface area (Å²) in [5.41, 5.74) is 4.47. The second-order valence-electron chi connectivity index (χ2n) is 8.10. The van der Waals surface area contributed by atoms with Crippen LogP contribution in [0.15, 0.2) is 0 Å². The Morgan fingerprint density at radius 1 is 0.643 bits per heavy atom. The maximum atomic E-state index is 6.38. The van der Waals surface area contributed by atoms with Crippen LogP contribution in [0.25, 0.3) is 0 Å². The summed E-state index contributed by atoms with van der Waals surface area (Å²) in [6, 6.07) is 0. The Morgan fingerprint density at radius 2 is 1.04 bits per heavy atom. The van der Waals surface area contributed by atoms with Gasteiger partial charge in [0.1, 0.15) is 0 Å². The SMILES string of the molecule is COc1c(C)c(C)c(OC)c(C[CH2][Ti]([O]C(C)C)([O]C(C)C)[O]C(C)C)c1C. The normalized spacial score (nSPS) is 12.4. The third-order valence-corrected chi connectivity index (χ3v) is 9.88. The van der Waals surface area contributed by atoms with Gasteiger partial charge in [-0.1, -0.05) is 0 Å². The van der Waals surface area contributed by atoms with E-state index in [2.05, 4.69) is 20.8 Å². The van der Waals surface area contributed by atoms with Gasteiger partial charge in [0, 0.05) is 0 Å². The molecular weight excluding hydrogens is 392 g/mol.